The van der Waals surface area contributed by atoms with Crippen LogP contribution in [0.5, 0.6) is 11.5 Å². The maximum absolute atomic E-state index is 13.4. The van der Waals surface area contributed by atoms with Crippen LogP contribution in [0.2, 0.25) is 0 Å². The molecule has 2 fully saturated rings. The van der Waals surface area contributed by atoms with Gasteiger partial charge in [-0.25, -0.2) is 9.37 Å². The Morgan fingerprint density at radius 3 is 2.41 bits per heavy atom. The maximum atomic E-state index is 13.4. The van der Waals surface area contributed by atoms with Crippen LogP contribution in [0.15, 0.2) is 54.7 Å². The van der Waals surface area contributed by atoms with E-state index in [0.717, 1.165) is 37.1 Å². The third-order valence-electron chi connectivity index (χ3n) is 7.78. The molecule has 3 atom stereocenters. The van der Waals surface area contributed by atoms with Gasteiger partial charge in [0.15, 0.2) is 0 Å². The number of rotatable bonds is 8. The molecule has 0 unspecified atom stereocenters. The van der Waals surface area contributed by atoms with E-state index in [0.29, 0.717) is 28.2 Å². The highest BCUT2D eigenvalue weighted by Crippen LogP contribution is 2.38. The molecular formula is C30H33FN4O4. The average Bonchev–Trinajstić information content (AvgIpc) is 3.22. The van der Waals surface area contributed by atoms with Crippen molar-refractivity contribution in [2.24, 2.45) is 0 Å². The van der Waals surface area contributed by atoms with Crippen LogP contribution in [0.25, 0.3) is 0 Å². The number of carbonyl (C=O) groups is 2. The van der Waals surface area contributed by atoms with Gasteiger partial charge >= 0.3 is 0 Å². The highest BCUT2D eigenvalue weighted by molar-refractivity contribution is 5.96. The Morgan fingerprint density at radius 2 is 1.74 bits per heavy atom. The van der Waals surface area contributed by atoms with Gasteiger partial charge in [0.1, 0.15) is 23.1 Å². The van der Waals surface area contributed by atoms with Crippen LogP contribution in [0.4, 0.5) is 10.2 Å². The normalized spacial score (nSPS) is 19.9. The van der Waals surface area contributed by atoms with Crippen LogP contribution >= 0.6 is 0 Å². The molecule has 0 saturated carbocycles. The minimum atomic E-state index is -0.394. The molecule has 39 heavy (non-hydrogen) atoms. The van der Waals surface area contributed by atoms with E-state index in [2.05, 4.69) is 20.5 Å². The standard InChI is InChI=1S/C30H33FN4O4/c1-18-25(5-4-6-26(18)38-2)30(37)34-22-14-23-10-11-24(15-22)35(23)28-12-8-20(17-32-28)29(36)33-16-19-7-9-21(31)13-27(19)39-3/h4-9,12-13,17,22-24H,10-11,14-16H2,1-3H3,(H,33,36)(H,34,37)/t22-,23+,24-. The van der Waals surface area contributed by atoms with Crippen LogP contribution in [0.3, 0.4) is 0 Å². The lowest BCUT2D eigenvalue weighted by molar-refractivity contribution is 0.0923. The van der Waals surface area contributed by atoms with Crippen molar-refractivity contribution in [2.75, 3.05) is 19.1 Å². The Bertz CT molecular complexity index is 1350. The first kappa shape index (κ1) is 26.5. The van der Waals surface area contributed by atoms with Gasteiger partial charge in [-0.1, -0.05) is 12.1 Å². The molecule has 2 aliphatic heterocycles. The fourth-order valence-electron chi connectivity index (χ4n) is 5.83. The SMILES string of the molecule is COc1cc(F)ccc1CNC(=O)c1ccc(N2[C@@H]3CC[C@H]2C[C@@H](NC(=O)c2cccc(OC)c2C)C3)nc1. The summed E-state index contributed by atoms with van der Waals surface area (Å²) in [5.74, 6) is 1.20. The number of nitrogens with zero attached hydrogens (tertiary/aromatic N) is 2. The number of hydrogen-bond donors (Lipinski definition) is 2. The predicted octanol–water partition coefficient (Wildman–Crippen LogP) is 4.41. The van der Waals surface area contributed by atoms with E-state index < -0.39 is 5.82 Å². The van der Waals surface area contributed by atoms with Crippen LogP contribution in [-0.2, 0) is 6.54 Å². The summed E-state index contributed by atoms with van der Waals surface area (Å²) in [6, 6.07) is 14.0. The van der Waals surface area contributed by atoms with Crippen molar-refractivity contribution in [3.05, 3.63) is 82.8 Å². The summed E-state index contributed by atoms with van der Waals surface area (Å²) in [5.41, 5.74) is 2.61. The third kappa shape index (κ3) is 5.53. The summed E-state index contributed by atoms with van der Waals surface area (Å²) in [7, 11) is 3.07. The minimum absolute atomic E-state index is 0.0732. The zero-order valence-electron chi connectivity index (χ0n) is 22.4. The monoisotopic (exact) mass is 532 g/mol. The topological polar surface area (TPSA) is 92.8 Å². The lowest BCUT2D eigenvalue weighted by atomic mass is 9.96. The number of carbonyl (C=O) groups excluding carboxylic acids is 2. The summed E-state index contributed by atoms with van der Waals surface area (Å²) < 4.78 is 24.0. The number of anilines is 1. The van der Waals surface area contributed by atoms with Crippen LogP contribution in [-0.4, -0.2) is 49.1 Å². The molecule has 0 radical (unpaired) electrons. The van der Waals surface area contributed by atoms with Crippen molar-refractivity contribution in [3.8, 4) is 11.5 Å². The summed E-state index contributed by atoms with van der Waals surface area (Å²) >= 11 is 0. The number of piperidine rings is 1. The molecule has 0 aliphatic carbocycles. The molecule has 1 aromatic heterocycles. The fourth-order valence-corrected chi connectivity index (χ4v) is 5.83. The van der Waals surface area contributed by atoms with Gasteiger partial charge in [-0.2, -0.15) is 0 Å². The van der Waals surface area contributed by atoms with Crippen molar-refractivity contribution < 1.29 is 23.5 Å². The maximum Gasteiger partial charge on any atom is 0.253 e. The fraction of sp³-hybridized carbons (Fsp3) is 0.367. The van der Waals surface area contributed by atoms with Crippen molar-refractivity contribution in [1.29, 1.82) is 0 Å². The van der Waals surface area contributed by atoms with Gasteiger partial charge in [0.25, 0.3) is 11.8 Å². The second-order valence-electron chi connectivity index (χ2n) is 10.1. The second kappa shape index (κ2) is 11.3. The van der Waals surface area contributed by atoms with Gasteiger partial charge in [0.2, 0.25) is 0 Å². The number of benzene rings is 2. The molecule has 3 aromatic rings. The van der Waals surface area contributed by atoms with E-state index in [4.69, 9.17) is 9.47 Å². The van der Waals surface area contributed by atoms with Gasteiger partial charge in [-0.3, -0.25) is 9.59 Å². The highest BCUT2D eigenvalue weighted by Gasteiger charge is 2.42. The largest absolute Gasteiger partial charge is 0.496 e. The number of nitrogens with one attached hydrogen (secondary N) is 2. The van der Waals surface area contributed by atoms with Crippen LogP contribution in [0, 0.1) is 12.7 Å². The molecule has 9 heteroatoms. The highest BCUT2D eigenvalue weighted by atomic mass is 19.1. The lowest BCUT2D eigenvalue weighted by Crippen LogP contribution is -2.50. The minimum Gasteiger partial charge on any atom is -0.496 e. The lowest BCUT2D eigenvalue weighted by Gasteiger charge is -2.40. The molecular weight excluding hydrogens is 499 g/mol. The molecule has 5 rings (SSSR count). The Morgan fingerprint density at radius 1 is 1.00 bits per heavy atom. The first-order valence-electron chi connectivity index (χ1n) is 13.2. The van der Waals surface area contributed by atoms with Crippen molar-refractivity contribution in [1.82, 2.24) is 15.6 Å². The van der Waals surface area contributed by atoms with E-state index >= 15 is 0 Å². The number of amides is 2. The van der Waals surface area contributed by atoms with Crippen molar-refractivity contribution >= 4 is 17.6 Å². The molecule has 8 nitrogen and oxygen atoms in total. The number of aromatic nitrogens is 1. The van der Waals surface area contributed by atoms with E-state index in [9.17, 15) is 14.0 Å². The molecule has 2 aromatic carbocycles. The average molecular weight is 533 g/mol. The quantitative estimate of drug-likeness (QED) is 0.447. The van der Waals surface area contributed by atoms with Gasteiger partial charge < -0.3 is 25.0 Å². The molecule has 3 heterocycles. The summed E-state index contributed by atoms with van der Waals surface area (Å²) in [6.45, 7) is 2.11. The van der Waals surface area contributed by atoms with Crippen molar-refractivity contribution in [2.45, 2.75) is 57.3 Å². The third-order valence-corrected chi connectivity index (χ3v) is 7.78. The Kier molecular flexibility index (Phi) is 7.67. The smallest absolute Gasteiger partial charge is 0.253 e. The molecule has 0 spiro atoms. The Balaban J connectivity index is 1.19. The van der Waals surface area contributed by atoms with Gasteiger partial charge in [-0.05, 0) is 62.9 Å². The molecule has 204 valence electrons. The predicted molar refractivity (Wildman–Crippen MR) is 146 cm³/mol. The zero-order chi connectivity index (χ0) is 27.5. The van der Waals surface area contributed by atoms with E-state index in [1.807, 2.05) is 31.2 Å². The first-order valence-corrected chi connectivity index (χ1v) is 13.2. The number of pyridine rings is 1. The molecule has 2 saturated heterocycles. The number of fused-ring (bicyclic) bond motifs is 2. The summed E-state index contributed by atoms with van der Waals surface area (Å²) in [6.07, 6.45) is 5.35. The molecule has 2 aliphatic rings. The van der Waals surface area contributed by atoms with Gasteiger partial charge in [-0.15, -0.1) is 0 Å². The van der Waals surface area contributed by atoms with Crippen LogP contribution < -0.4 is 25.0 Å². The van der Waals surface area contributed by atoms with E-state index in [-0.39, 0.29) is 36.5 Å². The Labute approximate surface area is 227 Å². The zero-order valence-corrected chi connectivity index (χ0v) is 22.4. The summed E-state index contributed by atoms with van der Waals surface area (Å²) in [4.78, 5) is 32.7. The number of halogens is 1. The van der Waals surface area contributed by atoms with Crippen molar-refractivity contribution in [3.63, 3.8) is 0 Å². The molecule has 2 bridgehead atoms. The van der Waals surface area contributed by atoms with E-state index in [1.54, 1.807) is 25.4 Å². The Hall–Kier alpha value is -4.14. The number of ether oxygens (including phenoxy) is 2. The summed E-state index contributed by atoms with van der Waals surface area (Å²) in [5, 5.41) is 6.08. The van der Waals surface area contributed by atoms with Gasteiger partial charge in [0, 0.05) is 53.6 Å². The van der Waals surface area contributed by atoms with Crippen LogP contribution in [0.1, 0.15) is 57.5 Å². The first-order chi connectivity index (χ1) is 18.9. The number of methoxy groups -OCH3 is 2. The van der Waals surface area contributed by atoms with Gasteiger partial charge in [0.05, 0.1) is 19.8 Å². The molecule has 2 N–H and O–H groups in total. The molecule has 2 amide bonds. The number of hydrogen-bond acceptors (Lipinski definition) is 6. The van der Waals surface area contributed by atoms with E-state index in [1.165, 1.54) is 19.2 Å². The second-order valence-corrected chi connectivity index (χ2v) is 10.1.